The van der Waals surface area contributed by atoms with E-state index in [9.17, 15) is 0 Å². The molecular weight excluding hydrogens is 252 g/mol. The van der Waals surface area contributed by atoms with Gasteiger partial charge in [-0.25, -0.2) is 0 Å². The normalized spacial score (nSPS) is 13.6. The molecule has 0 spiro atoms. The minimum absolute atomic E-state index is 0.269. The smallest absolute Gasteiger partial charge is 0.118 e. The fourth-order valence-corrected chi connectivity index (χ4v) is 2.07. The maximum absolute atomic E-state index is 6.24. The van der Waals surface area contributed by atoms with Gasteiger partial charge in [0.25, 0.3) is 0 Å². The highest BCUT2D eigenvalue weighted by molar-refractivity contribution is 5.34. The molecule has 0 aliphatic rings. The summed E-state index contributed by atoms with van der Waals surface area (Å²) < 4.78 is 10.3. The fraction of sp³-hybridized carbons (Fsp3) is 0.250. The first-order valence-corrected chi connectivity index (χ1v) is 6.44. The third-order valence-electron chi connectivity index (χ3n) is 3.39. The van der Waals surface area contributed by atoms with Crippen LogP contribution in [0.25, 0.3) is 0 Å². The third kappa shape index (κ3) is 3.10. The SMILES string of the molecule is COc1ccc([C@@H](N)[C@@H](N)c2ccc(OC)cc2)cc1. The maximum atomic E-state index is 6.24. The van der Waals surface area contributed by atoms with Gasteiger partial charge < -0.3 is 20.9 Å². The van der Waals surface area contributed by atoms with Crippen molar-refractivity contribution in [1.82, 2.24) is 0 Å². The molecule has 0 saturated heterocycles. The van der Waals surface area contributed by atoms with Crippen molar-refractivity contribution in [2.24, 2.45) is 11.5 Å². The van der Waals surface area contributed by atoms with Crippen molar-refractivity contribution in [3.05, 3.63) is 59.7 Å². The summed E-state index contributed by atoms with van der Waals surface area (Å²) in [5, 5.41) is 0. The lowest BCUT2D eigenvalue weighted by Crippen LogP contribution is -2.26. The number of benzene rings is 2. The minimum Gasteiger partial charge on any atom is -0.497 e. The van der Waals surface area contributed by atoms with Crippen LogP contribution in [0.3, 0.4) is 0 Å². The Morgan fingerprint density at radius 2 is 0.950 bits per heavy atom. The Morgan fingerprint density at radius 1 is 0.650 bits per heavy atom. The van der Waals surface area contributed by atoms with Crippen molar-refractivity contribution >= 4 is 0 Å². The van der Waals surface area contributed by atoms with Crippen LogP contribution in [0.1, 0.15) is 23.2 Å². The molecule has 0 saturated carbocycles. The molecule has 2 aromatic carbocycles. The van der Waals surface area contributed by atoms with Crippen molar-refractivity contribution in [2.45, 2.75) is 12.1 Å². The van der Waals surface area contributed by atoms with E-state index in [1.165, 1.54) is 0 Å². The van der Waals surface area contributed by atoms with Gasteiger partial charge in [-0.15, -0.1) is 0 Å². The molecule has 0 aliphatic heterocycles. The highest BCUT2D eigenvalue weighted by atomic mass is 16.5. The molecule has 2 rings (SSSR count). The van der Waals surface area contributed by atoms with Crippen LogP contribution in [0, 0.1) is 0 Å². The van der Waals surface area contributed by atoms with Gasteiger partial charge in [-0.2, -0.15) is 0 Å². The molecule has 0 amide bonds. The van der Waals surface area contributed by atoms with E-state index in [-0.39, 0.29) is 12.1 Å². The molecule has 4 N–H and O–H groups in total. The van der Waals surface area contributed by atoms with E-state index in [0.29, 0.717) is 0 Å². The van der Waals surface area contributed by atoms with Gasteiger partial charge in [0.05, 0.1) is 14.2 Å². The van der Waals surface area contributed by atoms with Crippen LogP contribution in [0.2, 0.25) is 0 Å². The molecule has 0 heterocycles. The molecule has 0 aliphatic carbocycles. The van der Waals surface area contributed by atoms with Gasteiger partial charge in [0.15, 0.2) is 0 Å². The van der Waals surface area contributed by atoms with Crippen LogP contribution in [-0.4, -0.2) is 14.2 Å². The number of hydrogen-bond acceptors (Lipinski definition) is 4. The van der Waals surface area contributed by atoms with Gasteiger partial charge in [0.1, 0.15) is 11.5 Å². The van der Waals surface area contributed by atoms with Crippen LogP contribution in [0.4, 0.5) is 0 Å². The largest absolute Gasteiger partial charge is 0.497 e. The van der Waals surface area contributed by atoms with E-state index < -0.39 is 0 Å². The topological polar surface area (TPSA) is 70.5 Å². The Bertz CT molecular complexity index is 486. The standard InChI is InChI=1S/C16H20N2O2/c1-19-13-7-3-11(4-8-13)15(17)16(18)12-5-9-14(20-2)10-6-12/h3-10,15-16H,17-18H2,1-2H3/t15-,16+. The summed E-state index contributed by atoms with van der Waals surface area (Å²) in [6, 6.07) is 14.8. The lowest BCUT2D eigenvalue weighted by molar-refractivity contribution is 0.414. The van der Waals surface area contributed by atoms with Crippen LogP contribution in [-0.2, 0) is 0 Å². The van der Waals surface area contributed by atoms with E-state index >= 15 is 0 Å². The zero-order valence-electron chi connectivity index (χ0n) is 11.7. The van der Waals surface area contributed by atoms with Crippen LogP contribution < -0.4 is 20.9 Å². The predicted molar refractivity (Wildman–Crippen MR) is 79.8 cm³/mol. The number of rotatable bonds is 5. The van der Waals surface area contributed by atoms with Crippen LogP contribution in [0.5, 0.6) is 11.5 Å². The van der Waals surface area contributed by atoms with E-state index in [1.54, 1.807) is 14.2 Å². The average Bonchev–Trinajstić information content (AvgIpc) is 2.53. The molecule has 0 aromatic heterocycles. The summed E-state index contributed by atoms with van der Waals surface area (Å²) in [6.07, 6.45) is 0. The molecule has 106 valence electrons. The monoisotopic (exact) mass is 272 g/mol. The molecule has 0 radical (unpaired) electrons. The Labute approximate surface area is 119 Å². The van der Waals surface area contributed by atoms with Crippen molar-refractivity contribution in [2.75, 3.05) is 14.2 Å². The summed E-state index contributed by atoms with van der Waals surface area (Å²) in [7, 11) is 3.27. The lowest BCUT2D eigenvalue weighted by atomic mass is 9.95. The van der Waals surface area contributed by atoms with Crippen molar-refractivity contribution in [3.63, 3.8) is 0 Å². The second-order valence-electron chi connectivity index (χ2n) is 4.60. The molecule has 20 heavy (non-hydrogen) atoms. The first kappa shape index (κ1) is 14.4. The molecule has 4 nitrogen and oxygen atoms in total. The van der Waals surface area contributed by atoms with Crippen molar-refractivity contribution in [3.8, 4) is 11.5 Å². The van der Waals surface area contributed by atoms with Crippen LogP contribution in [0.15, 0.2) is 48.5 Å². The zero-order chi connectivity index (χ0) is 14.5. The molecular formula is C16H20N2O2. The second-order valence-corrected chi connectivity index (χ2v) is 4.60. The zero-order valence-corrected chi connectivity index (χ0v) is 11.7. The van der Waals surface area contributed by atoms with Gasteiger partial charge in [-0.3, -0.25) is 0 Å². The molecule has 2 aromatic rings. The average molecular weight is 272 g/mol. The summed E-state index contributed by atoms with van der Waals surface area (Å²) in [4.78, 5) is 0. The number of methoxy groups -OCH3 is 2. The van der Waals surface area contributed by atoms with Gasteiger partial charge in [0.2, 0.25) is 0 Å². The summed E-state index contributed by atoms with van der Waals surface area (Å²) in [5.74, 6) is 1.61. The third-order valence-corrected chi connectivity index (χ3v) is 3.39. The number of hydrogen-bond donors (Lipinski definition) is 2. The molecule has 0 fully saturated rings. The molecule has 4 heteroatoms. The summed E-state index contributed by atoms with van der Waals surface area (Å²) in [6.45, 7) is 0. The van der Waals surface area contributed by atoms with Gasteiger partial charge >= 0.3 is 0 Å². The molecule has 0 unspecified atom stereocenters. The first-order chi connectivity index (χ1) is 9.65. The van der Waals surface area contributed by atoms with E-state index in [1.807, 2.05) is 48.5 Å². The number of nitrogens with two attached hydrogens (primary N) is 2. The van der Waals surface area contributed by atoms with E-state index in [4.69, 9.17) is 20.9 Å². The Morgan fingerprint density at radius 3 is 1.20 bits per heavy atom. The highest BCUT2D eigenvalue weighted by Gasteiger charge is 2.17. The van der Waals surface area contributed by atoms with E-state index in [2.05, 4.69) is 0 Å². The van der Waals surface area contributed by atoms with Crippen molar-refractivity contribution in [1.29, 1.82) is 0 Å². The maximum Gasteiger partial charge on any atom is 0.118 e. The second kappa shape index (κ2) is 6.41. The molecule has 0 bridgehead atoms. The fourth-order valence-electron chi connectivity index (χ4n) is 2.07. The van der Waals surface area contributed by atoms with Crippen molar-refractivity contribution < 1.29 is 9.47 Å². The summed E-state index contributed by atoms with van der Waals surface area (Å²) >= 11 is 0. The Hall–Kier alpha value is -2.04. The summed E-state index contributed by atoms with van der Waals surface area (Å²) in [5.41, 5.74) is 14.4. The number of ether oxygens (including phenoxy) is 2. The minimum atomic E-state index is -0.269. The predicted octanol–water partition coefficient (Wildman–Crippen LogP) is 2.40. The molecule has 2 atom stereocenters. The van der Waals surface area contributed by atoms with Crippen LogP contribution >= 0.6 is 0 Å². The first-order valence-electron chi connectivity index (χ1n) is 6.44. The van der Waals surface area contributed by atoms with Gasteiger partial charge in [-0.05, 0) is 35.4 Å². The quantitative estimate of drug-likeness (QED) is 0.877. The van der Waals surface area contributed by atoms with Gasteiger partial charge in [0, 0.05) is 12.1 Å². The Kier molecular flexibility index (Phi) is 4.61. The lowest BCUT2D eigenvalue weighted by Gasteiger charge is -2.21. The highest BCUT2D eigenvalue weighted by Crippen LogP contribution is 2.27. The Balaban J connectivity index is 2.15. The van der Waals surface area contributed by atoms with Gasteiger partial charge in [-0.1, -0.05) is 24.3 Å². The van der Waals surface area contributed by atoms with E-state index in [0.717, 1.165) is 22.6 Å².